The summed E-state index contributed by atoms with van der Waals surface area (Å²) in [5.41, 5.74) is 6.99. The smallest absolute Gasteiger partial charge is 0.405 e. The van der Waals surface area contributed by atoms with E-state index in [1.54, 1.807) is 0 Å². The van der Waals surface area contributed by atoms with Crippen molar-refractivity contribution in [2.45, 2.75) is 37.6 Å². The van der Waals surface area contributed by atoms with E-state index in [-0.39, 0.29) is 0 Å². The molecule has 0 saturated heterocycles. The topological polar surface area (TPSA) is 52.3 Å². The molecule has 0 saturated carbocycles. The molecule has 0 aliphatic heterocycles. The fourth-order valence-electron chi connectivity index (χ4n) is 1.56. The standard InChI is InChI=1S/C13H18BrNO2/c1-13(2,17-12(15)16)8-7-10-3-5-11(9-14)6-4-10/h3-6H,7-9H2,1-2H3,(H2,15,16). The fourth-order valence-corrected chi connectivity index (χ4v) is 1.94. The van der Waals surface area contributed by atoms with Crippen LogP contribution in [0.3, 0.4) is 0 Å². The maximum atomic E-state index is 10.7. The highest BCUT2D eigenvalue weighted by atomic mass is 79.9. The number of primary amides is 1. The van der Waals surface area contributed by atoms with Gasteiger partial charge in [-0.15, -0.1) is 0 Å². The van der Waals surface area contributed by atoms with Crippen LogP contribution in [-0.2, 0) is 16.5 Å². The first-order valence-electron chi connectivity index (χ1n) is 5.55. The summed E-state index contributed by atoms with van der Waals surface area (Å²) in [6.45, 7) is 3.73. The minimum atomic E-state index is -0.718. The van der Waals surface area contributed by atoms with E-state index >= 15 is 0 Å². The van der Waals surface area contributed by atoms with Crippen LogP contribution < -0.4 is 5.73 Å². The molecule has 4 heteroatoms. The molecule has 0 bridgehead atoms. The van der Waals surface area contributed by atoms with E-state index in [2.05, 4.69) is 40.2 Å². The van der Waals surface area contributed by atoms with E-state index in [0.29, 0.717) is 0 Å². The van der Waals surface area contributed by atoms with E-state index in [1.165, 1.54) is 11.1 Å². The highest BCUT2D eigenvalue weighted by Crippen LogP contribution is 2.18. The van der Waals surface area contributed by atoms with Gasteiger partial charge in [-0.25, -0.2) is 4.79 Å². The van der Waals surface area contributed by atoms with Crippen LogP contribution in [-0.4, -0.2) is 11.7 Å². The van der Waals surface area contributed by atoms with Crippen LogP contribution >= 0.6 is 15.9 Å². The first kappa shape index (κ1) is 14.0. The van der Waals surface area contributed by atoms with E-state index in [4.69, 9.17) is 10.5 Å². The Morgan fingerprint density at radius 3 is 2.29 bits per heavy atom. The number of aryl methyl sites for hydroxylation is 1. The molecule has 1 amide bonds. The van der Waals surface area contributed by atoms with Crippen molar-refractivity contribution in [3.8, 4) is 0 Å². The lowest BCUT2D eigenvalue weighted by Gasteiger charge is -2.23. The molecule has 0 unspecified atom stereocenters. The zero-order valence-corrected chi connectivity index (χ0v) is 11.8. The summed E-state index contributed by atoms with van der Waals surface area (Å²) >= 11 is 3.41. The molecule has 0 aliphatic carbocycles. The van der Waals surface area contributed by atoms with Crippen molar-refractivity contribution in [1.82, 2.24) is 0 Å². The molecule has 2 N–H and O–H groups in total. The van der Waals surface area contributed by atoms with Gasteiger partial charge in [0.05, 0.1) is 0 Å². The maximum absolute atomic E-state index is 10.7. The summed E-state index contributed by atoms with van der Waals surface area (Å²) < 4.78 is 5.04. The zero-order chi connectivity index (χ0) is 12.9. The number of benzene rings is 1. The molecule has 0 aliphatic rings. The largest absolute Gasteiger partial charge is 0.444 e. The van der Waals surface area contributed by atoms with Crippen molar-refractivity contribution in [2.24, 2.45) is 5.73 Å². The Kier molecular flexibility index (Phi) is 5.00. The van der Waals surface area contributed by atoms with Crippen LogP contribution in [0, 0.1) is 0 Å². The van der Waals surface area contributed by atoms with Gasteiger partial charge in [0.25, 0.3) is 0 Å². The Hall–Kier alpha value is -1.03. The van der Waals surface area contributed by atoms with Crippen molar-refractivity contribution < 1.29 is 9.53 Å². The Labute approximate surface area is 110 Å². The number of ether oxygens (including phenoxy) is 1. The van der Waals surface area contributed by atoms with Crippen LogP contribution in [0.1, 0.15) is 31.4 Å². The molecule has 0 fully saturated rings. The maximum Gasteiger partial charge on any atom is 0.405 e. The zero-order valence-electron chi connectivity index (χ0n) is 10.2. The summed E-state index contributed by atoms with van der Waals surface area (Å²) in [5.74, 6) is 0. The Morgan fingerprint density at radius 2 is 1.82 bits per heavy atom. The molecule has 0 aromatic heterocycles. The number of alkyl halides is 1. The summed E-state index contributed by atoms with van der Waals surface area (Å²) in [7, 11) is 0. The SMILES string of the molecule is CC(C)(CCc1ccc(CBr)cc1)OC(N)=O. The number of carbonyl (C=O) groups is 1. The molecule has 0 radical (unpaired) electrons. The molecular formula is C13H18BrNO2. The lowest BCUT2D eigenvalue weighted by molar-refractivity contribution is 0.0394. The minimum Gasteiger partial charge on any atom is -0.444 e. The summed E-state index contributed by atoms with van der Waals surface area (Å²) in [5, 5.41) is 0.865. The number of hydrogen-bond donors (Lipinski definition) is 1. The van der Waals surface area contributed by atoms with Gasteiger partial charge in [-0.3, -0.25) is 0 Å². The minimum absolute atomic E-state index is 0.514. The van der Waals surface area contributed by atoms with Gasteiger partial charge in [0.2, 0.25) is 0 Å². The second-order valence-corrected chi connectivity index (χ2v) is 5.19. The van der Waals surface area contributed by atoms with Gasteiger partial charge in [0, 0.05) is 5.33 Å². The van der Waals surface area contributed by atoms with Gasteiger partial charge in [-0.1, -0.05) is 40.2 Å². The molecule has 94 valence electrons. The number of rotatable bonds is 5. The fraction of sp³-hybridized carbons (Fsp3) is 0.462. The second kappa shape index (κ2) is 6.05. The summed E-state index contributed by atoms with van der Waals surface area (Å²) in [6, 6.07) is 8.37. The summed E-state index contributed by atoms with van der Waals surface area (Å²) in [4.78, 5) is 10.7. The monoisotopic (exact) mass is 299 g/mol. The molecule has 1 aromatic carbocycles. The van der Waals surface area contributed by atoms with Crippen molar-refractivity contribution in [3.05, 3.63) is 35.4 Å². The predicted molar refractivity (Wildman–Crippen MR) is 72.1 cm³/mol. The highest BCUT2D eigenvalue weighted by Gasteiger charge is 2.21. The van der Waals surface area contributed by atoms with E-state index < -0.39 is 11.7 Å². The van der Waals surface area contributed by atoms with Crippen molar-refractivity contribution >= 4 is 22.0 Å². The van der Waals surface area contributed by atoms with Gasteiger partial charge < -0.3 is 10.5 Å². The number of carbonyl (C=O) groups excluding carboxylic acids is 1. The molecule has 0 spiro atoms. The molecule has 0 atom stereocenters. The Morgan fingerprint density at radius 1 is 1.29 bits per heavy atom. The van der Waals surface area contributed by atoms with Crippen molar-refractivity contribution in [3.63, 3.8) is 0 Å². The van der Waals surface area contributed by atoms with Crippen LogP contribution in [0.4, 0.5) is 4.79 Å². The second-order valence-electron chi connectivity index (χ2n) is 4.63. The first-order valence-corrected chi connectivity index (χ1v) is 6.67. The van der Waals surface area contributed by atoms with E-state index in [0.717, 1.165) is 18.2 Å². The molecule has 0 heterocycles. The third-order valence-electron chi connectivity index (χ3n) is 2.57. The van der Waals surface area contributed by atoms with Gasteiger partial charge >= 0.3 is 6.09 Å². The number of amides is 1. The van der Waals surface area contributed by atoms with Crippen LogP contribution in [0.5, 0.6) is 0 Å². The highest BCUT2D eigenvalue weighted by molar-refractivity contribution is 9.08. The summed E-state index contributed by atoms with van der Waals surface area (Å²) in [6.07, 6.45) is 0.900. The van der Waals surface area contributed by atoms with Gasteiger partial charge in [0.1, 0.15) is 5.60 Å². The molecule has 1 rings (SSSR count). The van der Waals surface area contributed by atoms with Crippen LogP contribution in [0.15, 0.2) is 24.3 Å². The average Bonchev–Trinajstić information content (AvgIpc) is 2.25. The molecule has 1 aromatic rings. The van der Waals surface area contributed by atoms with Gasteiger partial charge in [0.15, 0.2) is 0 Å². The molecule has 3 nitrogen and oxygen atoms in total. The van der Waals surface area contributed by atoms with Crippen LogP contribution in [0.25, 0.3) is 0 Å². The van der Waals surface area contributed by atoms with E-state index in [9.17, 15) is 4.79 Å². The third-order valence-corrected chi connectivity index (χ3v) is 3.22. The quantitative estimate of drug-likeness (QED) is 0.847. The average molecular weight is 300 g/mol. The number of hydrogen-bond acceptors (Lipinski definition) is 2. The van der Waals surface area contributed by atoms with Gasteiger partial charge in [-0.2, -0.15) is 0 Å². The lowest BCUT2D eigenvalue weighted by atomic mass is 9.98. The molecule has 17 heavy (non-hydrogen) atoms. The predicted octanol–water partition coefficient (Wildman–Crippen LogP) is 3.39. The van der Waals surface area contributed by atoms with E-state index in [1.807, 2.05) is 13.8 Å². The lowest BCUT2D eigenvalue weighted by Crippen LogP contribution is -2.31. The first-order chi connectivity index (χ1) is 7.93. The van der Waals surface area contributed by atoms with Crippen LogP contribution in [0.2, 0.25) is 0 Å². The Balaban J connectivity index is 2.51. The number of halogens is 1. The third kappa shape index (κ3) is 5.22. The van der Waals surface area contributed by atoms with Crippen molar-refractivity contribution in [1.29, 1.82) is 0 Å². The normalized spacial score (nSPS) is 11.2. The van der Waals surface area contributed by atoms with Crippen molar-refractivity contribution in [2.75, 3.05) is 0 Å². The number of nitrogens with two attached hydrogens (primary N) is 1. The van der Waals surface area contributed by atoms with Gasteiger partial charge in [-0.05, 0) is 37.8 Å². The molecular weight excluding hydrogens is 282 g/mol. The Bertz CT molecular complexity index is 374.